The van der Waals surface area contributed by atoms with E-state index in [9.17, 15) is 18.0 Å². The highest BCUT2D eigenvalue weighted by Gasteiger charge is 2.23. The number of carbonyl (C=O) groups is 2. The van der Waals surface area contributed by atoms with Crippen molar-refractivity contribution >= 4 is 27.3 Å². The van der Waals surface area contributed by atoms with Gasteiger partial charge in [0.1, 0.15) is 0 Å². The molecule has 39 heavy (non-hydrogen) atoms. The molecular weight excluding hydrogens is 508 g/mol. The Morgan fingerprint density at radius 3 is 2.15 bits per heavy atom. The number of carbonyl (C=O) groups excluding carboxylic acids is 2. The first-order chi connectivity index (χ1) is 18.7. The van der Waals surface area contributed by atoms with Crippen LogP contribution < -0.4 is 10.6 Å². The van der Waals surface area contributed by atoms with E-state index in [-0.39, 0.29) is 22.3 Å². The molecule has 0 saturated heterocycles. The second-order valence-corrected chi connectivity index (χ2v) is 12.4. The monoisotopic (exact) mass is 548 g/mol. The number of hydrogen-bond donors (Lipinski definition) is 2. The molecule has 3 aromatic rings. The summed E-state index contributed by atoms with van der Waals surface area (Å²) in [4.78, 5) is 26.3. The van der Waals surface area contributed by atoms with Crippen LogP contribution in [0.4, 0.5) is 10.5 Å². The van der Waals surface area contributed by atoms with Gasteiger partial charge < -0.3 is 10.6 Å². The molecule has 0 fully saturated rings. The van der Waals surface area contributed by atoms with E-state index in [0.717, 1.165) is 36.8 Å². The van der Waals surface area contributed by atoms with Gasteiger partial charge in [-0.1, -0.05) is 99.7 Å². The molecule has 2 atom stereocenters. The highest BCUT2D eigenvalue weighted by Crippen LogP contribution is 2.19. The summed E-state index contributed by atoms with van der Waals surface area (Å²) in [6, 6.07) is 22.1. The Bertz CT molecular complexity index is 1300. The van der Waals surface area contributed by atoms with Crippen LogP contribution in [0.2, 0.25) is 0 Å². The minimum absolute atomic E-state index is 0.0228. The molecule has 6 nitrogen and oxygen atoms in total. The van der Waals surface area contributed by atoms with Crippen LogP contribution in [-0.2, 0) is 26.8 Å². The van der Waals surface area contributed by atoms with Crippen molar-refractivity contribution in [1.29, 1.82) is 0 Å². The predicted octanol–water partition coefficient (Wildman–Crippen LogP) is 6.88. The zero-order valence-corrected chi connectivity index (χ0v) is 24.0. The van der Waals surface area contributed by atoms with Crippen LogP contribution in [0.1, 0.15) is 62.6 Å². The molecule has 0 bridgehead atoms. The largest absolute Gasteiger partial charge is 0.328 e. The lowest BCUT2D eigenvalue weighted by molar-refractivity contribution is -0.121. The van der Waals surface area contributed by atoms with Gasteiger partial charge >= 0.3 is 6.03 Å². The molecule has 208 valence electrons. The number of anilines is 1. The summed E-state index contributed by atoms with van der Waals surface area (Å²) in [5, 5.41) is 5.65. The van der Waals surface area contributed by atoms with Crippen LogP contribution in [0.3, 0.4) is 0 Å². The average Bonchev–Trinajstić information content (AvgIpc) is 2.90. The van der Waals surface area contributed by atoms with Gasteiger partial charge in [-0.05, 0) is 54.7 Å². The van der Waals surface area contributed by atoms with Crippen LogP contribution in [0, 0.1) is 12.8 Å². The summed E-state index contributed by atoms with van der Waals surface area (Å²) in [7, 11) is -3.48. The van der Waals surface area contributed by atoms with E-state index < -0.39 is 21.9 Å². The third-order valence-electron chi connectivity index (χ3n) is 6.78. The molecular formula is C32H40N2O4S. The summed E-state index contributed by atoms with van der Waals surface area (Å²) < 4.78 is 25.5. The minimum atomic E-state index is -3.48. The third kappa shape index (κ3) is 9.98. The molecule has 3 rings (SSSR count). The molecule has 0 spiro atoms. The summed E-state index contributed by atoms with van der Waals surface area (Å²) in [5.74, 6) is 0.151. The van der Waals surface area contributed by atoms with E-state index in [2.05, 4.69) is 24.5 Å². The lowest BCUT2D eigenvalue weighted by Gasteiger charge is -2.20. The van der Waals surface area contributed by atoms with Gasteiger partial charge in [-0.15, -0.1) is 0 Å². The highest BCUT2D eigenvalue weighted by atomic mass is 32.2. The van der Waals surface area contributed by atoms with Gasteiger partial charge in [-0.25, -0.2) is 13.2 Å². The first-order valence-electron chi connectivity index (χ1n) is 13.7. The maximum absolute atomic E-state index is 13.2. The number of nitrogens with one attached hydrogen (secondary N) is 2. The van der Waals surface area contributed by atoms with E-state index in [1.54, 1.807) is 48.5 Å². The predicted molar refractivity (Wildman–Crippen MR) is 158 cm³/mol. The second kappa shape index (κ2) is 14.6. The fourth-order valence-electron chi connectivity index (χ4n) is 4.48. The van der Waals surface area contributed by atoms with E-state index in [1.165, 1.54) is 0 Å². The highest BCUT2D eigenvalue weighted by molar-refractivity contribution is 7.90. The Balaban J connectivity index is 1.62. The molecule has 0 radical (unpaired) electrons. The normalized spacial score (nSPS) is 12.9. The molecule has 2 amide bonds. The zero-order valence-electron chi connectivity index (χ0n) is 23.2. The number of hydrogen-bond acceptors (Lipinski definition) is 4. The Hall–Kier alpha value is -3.45. The fraction of sp³-hybridized carbons (Fsp3) is 0.375. The number of benzene rings is 3. The quantitative estimate of drug-likeness (QED) is 0.215. The molecule has 0 heterocycles. The Morgan fingerprint density at radius 2 is 1.51 bits per heavy atom. The smallest absolute Gasteiger partial charge is 0.319 e. The van der Waals surface area contributed by atoms with E-state index in [1.807, 2.05) is 37.3 Å². The third-order valence-corrected chi connectivity index (χ3v) is 8.48. The van der Waals surface area contributed by atoms with Crippen LogP contribution in [0.25, 0.3) is 0 Å². The van der Waals surface area contributed by atoms with Gasteiger partial charge in [-0.3, -0.25) is 4.79 Å². The summed E-state index contributed by atoms with van der Waals surface area (Å²) >= 11 is 0. The maximum Gasteiger partial charge on any atom is 0.319 e. The number of unbranched alkanes of at least 4 members (excludes halogenated alkanes) is 2. The first kappa shape index (κ1) is 30.1. The van der Waals surface area contributed by atoms with Gasteiger partial charge in [-0.2, -0.15) is 0 Å². The Kier molecular flexibility index (Phi) is 11.3. The van der Waals surface area contributed by atoms with Crippen molar-refractivity contribution in [2.75, 3.05) is 5.32 Å². The van der Waals surface area contributed by atoms with E-state index >= 15 is 0 Å². The fourth-order valence-corrected chi connectivity index (χ4v) is 5.83. The minimum Gasteiger partial charge on any atom is -0.328 e. The number of amides is 2. The van der Waals surface area contributed by atoms with Gasteiger partial charge in [0.05, 0.1) is 16.7 Å². The number of ketones is 1. The van der Waals surface area contributed by atoms with Gasteiger partial charge in [0.2, 0.25) is 0 Å². The molecule has 7 heteroatoms. The van der Waals surface area contributed by atoms with Crippen molar-refractivity contribution < 1.29 is 18.0 Å². The molecule has 0 aliphatic rings. The number of aryl methyl sites for hydroxylation is 1. The number of Topliss-reactive ketones (excluding diaryl/α,β-unsaturated/α-hetero) is 1. The van der Waals surface area contributed by atoms with Crippen LogP contribution in [0.5, 0.6) is 0 Å². The van der Waals surface area contributed by atoms with E-state index in [4.69, 9.17) is 0 Å². The van der Waals surface area contributed by atoms with Gasteiger partial charge in [0.25, 0.3) is 0 Å². The molecule has 2 N–H and O–H groups in total. The van der Waals surface area contributed by atoms with Gasteiger partial charge in [0.15, 0.2) is 15.6 Å². The van der Waals surface area contributed by atoms with Crippen molar-refractivity contribution in [3.05, 3.63) is 95.6 Å². The Labute approximate surface area is 233 Å². The summed E-state index contributed by atoms with van der Waals surface area (Å²) in [6.45, 7) is 6.16. The number of urea groups is 1. The van der Waals surface area contributed by atoms with Crippen molar-refractivity contribution in [3.8, 4) is 0 Å². The van der Waals surface area contributed by atoms with Crippen LogP contribution in [0.15, 0.2) is 83.8 Å². The topological polar surface area (TPSA) is 92.3 Å². The molecule has 0 aromatic heterocycles. The van der Waals surface area contributed by atoms with Crippen LogP contribution in [-0.4, -0.2) is 26.3 Å². The molecule has 0 aliphatic heterocycles. The summed E-state index contributed by atoms with van der Waals surface area (Å²) in [5.41, 5.74) is 3.12. The van der Waals surface area contributed by atoms with Crippen LogP contribution >= 0.6 is 0 Å². The second-order valence-electron chi connectivity index (χ2n) is 10.4. The molecule has 3 aromatic carbocycles. The summed E-state index contributed by atoms with van der Waals surface area (Å²) in [6.07, 6.45) is 5.24. The zero-order chi connectivity index (χ0) is 28.3. The van der Waals surface area contributed by atoms with Crippen molar-refractivity contribution in [3.63, 3.8) is 0 Å². The standard InChI is InChI=1S/C32H40N2O4S/c1-4-5-7-10-25(3)21-31(35)30(22-26-11-8-6-9-12-26)34-32(36)33-28-17-15-27(16-18-28)23-39(37,38)29-19-13-24(2)14-20-29/h6,8-9,11-20,25,30H,4-5,7,10,21-23H2,1-3H3,(H2,33,34,36)/t25?,30-/m1/s1. The lowest BCUT2D eigenvalue weighted by atomic mass is 9.92. The maximum atomic E-state index is 13.2. The molecule has 1 unspecified atom stereocenters. The number of sulfone groups is 1. The van der Waals surface area contributed by atoms with E-state index in [0.29, 0.717) is 24.1 Å². The van der Waals surface area contributed by atoms with Crippen molar-refractivity contribution in [2.45, 2.75) is 76.0 Å². The first-order valence-corrected chi connectivity index (χ1v) is 15.3. The molecule has 0 saturated carbocycles. The van der Waals surface area contributed by atoms with Crippen molar-refractivity contribution in [2.24, 2.45) is 5.92 Å². The van der Waals surface area contributed by atoms with Crippen molar-refractivity contribution in [1.82, 2.24) is 5.32 Å². The lowest BCUT2D eigenvalue weighted by Crippen LogP contribution is -2.44. The number of rotatable bonds is 14. The SMILES string of the molecule is CCCCCC(C)CC(=O)[C@@H](Cc1ccccc1)NC(=O)Nc1ccc(CS(=O)(=O)c2ccc(C)cc2)cc1. The average molecular weight is 549 g/mol. The van der Waals surface area contributed by atoms with Gasteiger partial charge in [0, 0.05) is 12.1 Å². The molecule has 0 aliphatic carbocycles. The Morgan fingerprint density at radius 1 is 0.846 bits per heavy atom.